The second-order valence-corrected chi connectivity index (χ2v) is 10.1. The highest BCUT2D eigenvalue weighted by atomic mass is 16.5. The van der Waals surface area contributed by atoms with Crippen molar-refractivity contribution in [2.24, 2.45) is 0 Å². The number of aryl methyl sites for hydroxylation is 2. The maximum Gasteiger partial charge on any atom is 0.317 e. The van der Waals surface area contributed by atoms with Crippen LogP contribution in [0.15, 0.2) is 42.5 Å². The van der Waals surface area contributed by atoms with Gasteiger partial charge in [0.05, 0.1) is 25.4 Å². The Morgan fingerprint density at radius 3 is 2.59 bits per heavy atom. The van der Waals surface area contributed by atoms with Crippen molar-refractivity contribution in [2.75, 3.05) is 19.7 Å². The largest absolute Gasteiger partial charge is 0.376 e. The van der Waals surface area contributed by atoms with Crippen LogP contribution in [0.1, 0.15) is 79.6 Å². The summed E-state index contributed by atoms with van der Waals surface area (Å²) in [6.45, 7) is 8.61. The van der Waals surface area contributed by atoms with E-state index < -0.39 is 6.29 Å². The van der Waals surface area contributed by atoms with Gasteiger partial charge in [0, 0.05) is 25.2 Å². The van der Waals surface area contributed by atoms with E-state index in [1.54, 1.807) is 0 Å². The van der Waals surface area contributed by atoms with Crippen molar-refractivity contribution in [1.82, 2.24) is 10.2 Å². The van der Waals surface area contributed by atoms with Gasteiger partial charge in [0.1, 0.15) is 0 Å². The molecule has 0 heterocycles. The van der Waals surface area contributed by atoms with Crippen molar-refractivity contribution in [3.05, 3.63) is 70.3 Å². The summed E-state index contributed by atoms with van der Waals surface area (Å²) < 4.78 is 12.4. The van der Waals surface area contributed by atoms with E-state index in [9.17, 15) is 15.0 Å². The molecule has 3 N–H and O–H groups in total. The minimum atomic E-state index is -1.51. The number of benzene rings is 2. The Kier molecular flexibility index (Phi) is 11.9. The summed E-state index contributed by atoms with van der Waals surface area (Å²) in [5.41, 5.74) is 4.46. The third kappa shape index (κ3) is 9.42. The molecular formula is C30H44N2O5. The lowest BCUT2D eigenvalue weighted by molar-refractivity contribution is -0.0584. The van der Waals surface area contributed by atoms with Crippen LogP contribution in [0.5, 0.6) is 0 Å². The van der Waals surface area contributed by atoms with Crippen LogP contribution in [0.3, 0.4) is 0 Å². The zero-order valence-electron chi connectivity index (χ0n) is 22.6. The molecule has 2 amide bonds. The maximum absolute atomic E-state index is 12.9. The van der Waals surface area contributed by atoms with Gasteiger partial charge in [-0.15, -0.1) is 0 Å². The van der Waals surface area contributed by atoms with Gasteiger partial charge in [0.15, 0.2) is 6.29 Å². The number of carbonyl (C=O) groups is 1. The predicted octanol–water partition coefficient (Wildman–Crippen LogP) is 5.14. The van der Waals surface area contributed by atoms with E-state index in [1.165, 1.54) is 5.56 Å². The number of nitrogens with zero attached hydrogens (tertiary/aromatic N) is 1. The zero-order valence-corrected chi connectivity index (χ0v) is 22.6. The molecule has 0 aromatic heterocycles. The van der Waals surface area contributed by atoms with Crippen LogP contribution in [0.4, 0.5) is 4.79 Å². The summed E-state index contributed by atoms with van der Waals surface area (Å²) in [5, 5.41) is 22.6. The number of ether oxygens (including phenoxy) is 2. The van der Waals surface area contributed by atoms with E-state index >= 15 is 0 Å². The predicted molar refractivity (Wildman–Crippen MR) is 145 cm³/mol. The van der Waals surface area contributed by atoms with E-state index in [1.807, 2.05) is 36.1 Å². The molecule has 204 valence electrons. The number of unbranched alkanes of at least 4 members (excludes halogenated alkanes) is 1. The minimum absolute atomic E-state index is 0.0524. The van der Waals surface area contributed by atoms with Crippen LogP contribution in [0.2, 0.25) is 0 Å². The Morgan fingerprint density at radius 2 is 1.86 bits per heavy atom. The molecule has 1 saturated carbocycles. The molecule has 2 aromatic rings. The maximum atomic E-state index is 12.9. The molecule has 2 atom stereocenters. The summed E-state index contributed by atoms with van der Waals surface area (Å²) in [6, 6.07) is 13.9. The van der Waals surface area contributed by atoms with Crippen LogP contribution < -0.4 is 5.32 Å². The Morgan fingerprint density at radius 1 is 1.11 bits per heavy atom. The summed E-state index contributed by atoms with van der Waals surface area (Å²) in [7, 11) is 0. The first-order chi connectivity index (χ1) is 17.9. The molecule has 7 heteroatoms. The van der Waals surface area contributed by atoms with Gasteiger partial charge in [-0.05, 0) is 62.6 Å². The zero-order chi connectivity index (χ0) is 26.6. The lowest BCUT2D eigenvalue weighted by Gasteiger charge is -2.30. The van der Waals surface area contributed by atoms with E-state index in [-0.39, 0.29) is 18.2 Å². The van der Waals surface area contributed by atoms with Crippen molar-refractivity contribution >= 4 is 6.03 Å². The van der Waals surface area contributed by atoms with Crippen molar-refractivity contribution in [3.8, 4) is 0 Å². The summed E-state index contributed by atoms with van der Waals surface area (Å²) in [6.07, 6.45) is 4.39. The summed E-state index contributed by atoms with van der Waals surface area (Å²) in [4.78, 5) is 14.7. The van der Waals surface area contributed by atoms with Gasteiger partial charge >= 0.3 is 6.03 Å². The average Bonchev–Trinajstić information content (AvgIpc) is 2.87. The number of hydrogen-bond donors (Lipinski definition) is 3. The van der Waals surface area contributed by atoms with Crippen molar-refractivity contribution < 1.29 is 24.5 Å². The molecule has 1 aliphatic rings. The number of aliphatic hydroxyl groups excluding tert-OH is 1. The normalized spacial score (nSPS) is 17.7. The smallest absolute Gasteiger partial charge is 0.317 e. The van der Waals surface area contributed by atoms with Gasteiger partial charge in [-0.3, -0.25) is 0 Å². The molecule has 0 saturated heterocycles. The van der Waals surface area contributed by atoms with Crippen LogP contribution >= 0.6 is 0 Å². The topological polar surface area (TPSA) is 91.3 Å². The molecule has 0 spiro atoms. The molecular weight excluding hydrogens is 468 g/mol. The Hall–Kier alpha value is -2.45. The van der Waals surface area contributed by atoms with Gasteiger partial charge in [0.2, 0.25) is 0 Å². The van der Waals surface area contributed by atoms with Gasteiger partial charge < -0.3 is 29.9 Å². The van der Waals surface area contributed by atoms with Crippen LogP contribution in [-0.2, 0) is 22.6 Å². The standard InChI is InChI=1S/C30H44N2O5/c1-4-5-15-31-30(35)32(20-24-11-6-9-22(2)18-24)16-17-36-26-13-8-14-27(19-26)37-21-25-12-7-10-23(3)28(25)29(33)34/h6-7,9-12,18,26-27,29,33-34H,4-5,8,13-17,19-21H2,1-3H3,(H,31,35)/t26-,27+/m0/s1. The van der Waals surface area contributed by atoms with Gasteiger partial charge in [0.25, 0.3) is 0 Å². The molecule has 0 unspecified atom stereocenters. The average molecular weight is 513 g/mol. The molecule has 1 fully saturated rings. The Labute approximate surface area is 221 Å². The Bertz CT molecular complexity index is 980. The van der Waals surface area contributed by atoms with Crippen molar-refractivity contribution in [2.45, 2.75) is 90.9 Å². The van der Waals surface area contributed by atoms with Gasteiger partial charge in [-0.2, -0.15) is 0 Å². The molecule has 0 aliphatic heterocycles. The molecule has 0 bridgehead atoms. The number of aliphatic hydroxyl groups is 2. The highest BCUT2D eigenvalue weighted by Crippen LogP contribution is 2.27. The first-order valence-corrected chi connectivity index (χ1v) is 13.6. The van der Waals surface area contributed by atoms with Crippen LogP contribution in [0.25, 0.3) is 0 Å². The Balaban J connectivity index is 1.50. The van der Waals surface area contributed by atoms with Crippen molar-refractivity contribution in [3.63, 3.8) is 0 Å². The highest BCUT2D eigenvalue weighted by Gasteiger charge is 2.24. The number of urea groups is 1. The quantitative estimate of drug-likeness (QED) is 0.255. The number of carbonyl (C=O) groups excluding carboxylic acids is 1. The van der Waals surface area contributed by atoms with Crippen LogP contribution in [0, 0.1) is 13.8 Å². The van der Waals surface area contributed by atoms with Crippen LogP contribution in [-0.4, -0.2) is 53.0 Å². The first-order valence-electron chi connectivity index (χ1n) is 13.6. The van der Waals surface area contributed by atoms with E-state index in [2.05, 4.69) is 37.4 Å². The third-order valence-electron chi connectivity index (χ3n) is 6.99. The second-order valence-electron chi connectivity index (χ2n) is 10.1. The SMILES string of the molecule is CCCCNC(=O)N(CCO[C@H]1CCC[C@@H](OCc2cccc(C)c2C(O)O)C1)Cc1cccc(C)c1. The lowest BCUT2D eigenvalue weighted by Crippen LogP contribution is -2.42. The number of amides is 2. The fourth-order valence-corrected chi connectivity index (χ4v) is 4.95. The highest BCUT2D eigenvalue weighted by molar-refractivity contribution is 5.74. The molecule has 1 aliphatic carbocycles. The van der Waals surface area contributed by atoms with E-state index in [0.29, 0.717) is 38.4 Å². The van der Waals surface area contributed by atoms with E-state index in [0.717, 1.165) is 55.2 Å². The van der Waals surface area contributed by atoms with Crippen molar-refractivity contribution in [1.29, 1.82) is 0 Å². The fourth-order valence-electron chi connectivity index (χ4n) is 4.95. The van der Waals surface area contributed by atoms with Gasteiger partial charge in [-0.25, -0.2) is 4.79 Å². The van der Waals surface area contributed by atoms with Gasteiger partial charge in [-0.1, -0.05) is 61.4 Å². The molecule has 7 nitrogen and oxygen atoms in total. The third-order valence-corrected chi connectivity index (χ3v) is 6.99. The first kappa shape index (κ1) is 29.1. The molecule has 37 heavy (non-hydrogen) atoms. The number of hydrogen-bond acceptors (Lipinski definition) is 5. The monoisotopic (exact) mass is 512 g/mol. The summed E-state index contributed by atoms with van der Waals surface area (Å²) >= 11 is 0. The fraction of sp³-hybridized carbons (Fsp3) is 0.567. The number of nitrogens with one attached hydrogen (secondary N) is 1. The molecule has 2 aromatic carbocycles. The molecule has 0 radical (unpaired) electrons. The van der Waals surface area contributed by atoms with E-state index in [4.69, 9.17) is 9.47 Å². The molecule has 3 rings (SSSR count). The number of rotatable bonds is 13. The lowest BCUT2D eigenvalue weighted by atomic mass is 9.94. The summed E-state index contributed by atoms with van der Waals surface area (Å²) in [5.74, 6) is 0. The minimum Gasteiger partial charge on any atom is -0.376 e. The second kappa shape index (κ2) is 15.1.